The van der Waals surface area contributed by atoms with Gasteiger partial charge < -0.3 is 14.5 Å². The first kappa shape index (κ1) is 23.7. The molecule has 3 aromatic rings. The molecule has 3 aromatic carbocycles. The third-order valence-corrected chi connectivity index (χ3v) is 5.84. The number of carbonyl (C=O) groups excluding carboxylic acids is 1. The Morgan fingerprint density at radius 2 is 1.40 bits per heavy atom. The van der Waals surface area contributed by atoms with Gasteiger partial charge in [-0.1, -0.05) is 30.3 Å². The number of carbonyl (C=O) groups is 1. The lowest BCUT2D eigenvalue weighted by molar-refractivity contribution is -0.394. The number of hydrogen-bond donors (Lipinski definition) is 0. The molecule has 1 heterocycles. The van der Waals surface area contributed by atoms with Gasteiger partial charge >= 0.3 is 0 Å². The number of amides is 1. The minimum atomic E-state index is -0.707. The molecule has 0 saturated carbocycles. The predicted octanol–water partition coefficient (Wildman–Crippen LogP) is 4.58. The number of aryl methyl sites for hydroxylation is 1. The van der Waals surface area contributed by atoms with Crippen LogP contribution in [0.15, 0.2) is 72.8 Å². The molecule has 1 saturated heterocycles. The van der Waals surface area contributed by atoms with Crippen LogP contribution in [0.3, 0.4) is 0 Å². The lowest BCUT2D eigenvalue weighted by Crippen LogP contribution is -2.48. The summed E-state index contributed by atoms with van der Waals surface area (Å²) >= 11 is 0. The monoisotopic (exact) mass is 476 g/mol. The molecule has 180 valence electrons. The van der Waals surface area contributed by atoms with E-state index in [2.05, 4.69) is 17.0 Å². The van der Waals surface area contributed by atoms with Crippen molar-refractivity contribution in [1.29, 1.82) is 0 Å². The Bertz CT molecular complexity index is 1180. The van der Waals surface area contributed by atoms with Gasteiger partial charge in [0.2, 0.25) is 5.91 Å². The molecule has 0 bridgehead atoms. The van der Waals surface area contributed by atoms with Crippen LogP contribution in [-0.2, 0) is 11.2 Å². The highest BCUT2D eigenvalue weighted by Crippen LogP contribution is 2.31. The Kier molecular flexibility index (Phi) is 7.20. The van der Waals surface area contributed by atoms with Crippen molar-refractivity contribution in [3.63, 3.8) is 0 Å². The van der Waals surface area contributed by atoms with Gasteiger partial charge in [-0.25, -0.2) is 0 Å². The van der Waals surface area contributed by atoms with Gasteiger partial charge in [0, 0.05) is 38.3 Å². The molecule has 0 aliphatic carbocycles. The molecule has 10 heteroatoms. The summed E-state index contributed by atoms with van der Waals surface area (Å²) in [4.78, 5) is 37.5. The molecule has 0 spiro atoms. The summed E-state index contributed by atoms with van der Waals surface area (Å²) in [6, 6.07) is 20.3. The normalized spacial score (nSPS) is 13.4. The molecular weight excluding hydrogens is 452 g/mol. The maximum atomic E-state index is 12.7. The topological polar surface area (TPSA) is 119 Å². The second kappa shape index (κ2) is 10.6. The van der Waals surface area contributed by atoms with Crippen LogP contribution in [0.25, 0.3) is 0 Å². The molecule has 10 nitrogen and oxygen atoms in total. The van der Waals surface area contributed by atoms with Crippen LogP contribution >= 0.6 is 0 Å². The van der Waals surface area contributed by atoms with Gasteiger partial charge in [0.25, 0.3) is 11.4 Å². The molecule has 1 amide bonds. The zero-order valence-corrected chi connectivity index (χ0v) is 18.9. The summed E-state index contributed by atoms with van der Waals surface area (Å²) in [5, 5.41) is 22.1. The fourth-order valence-electron chi connectivity index (χ4n) is 3.96. The number of ether oxygens (including phenoxy) is 1. The van der Waals surface area contributed by atoms with Gasteiger partial charge in [-0.2, -0.15) is 0 Å². The van der Waals surface area contributed by atoms with E-state index in [0.717, 1.165) is 36.9 Å². The van der Waals surface area contributed by atoms with E-state index in [-0.39, 0.29) is 11.7 Å². The highest BCUT2D eigenvalue weighted by Gasteiger charge is 2.21. The van der Waals surface area contributed by atoms with Crippen LogP contribution in [0, 0.1) is 20.2 Å². The van der Waals surface area contributed by atoms with Crippen molar-refractivity contribution in [3.8, 4) is 11.5 Å². The SMILES string of the molecule is O=C(CCc1ccc(Oc2cc([N+](=O)[O-])cc([N+](=O)[O-])c2)cc1)N1CCN(c2ccccc2)CC1. The number of rotatable bonds is 8. The Morgan fingerprint density at radius 1 is 0.800 bits per heavy atom. The van der Waals surface area contributed by atoms with E-state index in [1.165, 1.54) is 5.69 Å². The number of nitro groups is 2. The van der Waals surface area contributed by atoms with Crippen LogP contribution < -0.4 is 9.64 Å². The molecule has 0 N–H and O–H groups in total. The number of nitro benzene ring substituents is 2. The minimum Gasteiger partial charge on any atom is -0.457 e. The van der Waals surface area contributed by atoms with Crippen molar-refractivity contribution in [2.75, 3.05) is 31.1 Å². The zero-order chi connectivity index (χ0) is 24.8. The Balaban J connectivity index is 1.29. The Labute approximate surface area is 201 Å². The van der Waals surface area contributed by atoms with Gasteiger partial charge in [0.15, 0.2) is 0 Å². The van der Waals surface area contributed by atoms with E-state index < -0.39 is 21.2 Å². The molecule has 0 aromatic heterocycles. The lowest BCUT2D eigenvalue weighted by Gasteiger charge is -2.36. The fraction of sp³-hybridized carbons (Fsp3) is 0.240. The van der Waals surface area contributed by atoms with Gasteiger partial charge in [-0.15, -0.1) is 0 Å². The quantitative estimate of drug-likeness (QED) is 0.345. The van der Waals surface area contributed by atoms with E-state index in [4.69, 9.17) is 4.74 Å². The second-order valence-electron chi connectivity index (χ2n) is 8.15. The van der Waals surface area contributed by atoms with E-state index >= 15 is 0 Å². The average molecular weight is 476 g/mol. The van der Waals surface area contributed by atoms with E-state index in [9.17, 15) is 25.0 Å². The summed E-state index contributed by atoms with van der Waals surface area (Å²) in [6.45, 7) is 2.99. The van der Waals surface area contributed by atoms with Crippen molar-refractivity contribution in [1.82, 2.24) is 4.90 Å². The van der Waals surface area contributed by atoms with Crippen LogP contribution in [0.2, 0.25) is 0 Å². The minimum absolute atomic E-state index is 0.00322. The molecule has 1 fully saturated rings. The molecule has 0 unspecified atom stereocenters. The van der Waals surface area contributed by atoms with E-state index in [1.54, 1.807) is 12.1 Å². The van der Waals surface area contributed by atoms with Crippen molar-refractivity contribution >= 4 is 23.0 Å². The average Bonchev–Trinajstić information content (AvgIpc) is 2.88. The number of hydrogen-bond acceptors (Lipinski definition) is 7. The van der Waals surface area contributed by atoms with E-state index in [0.29, 0.717) is 31.7 Å². The van der Waals surface area contributed by atoms with Crippen molar-refractivity contribution in [3.05, 3.63) is 98.6 Å². The van der Waals surface area contributed by atoms with Crippen molar-refractivity contribution in [2.24, 2.45) is 0 Å². The largest absolute Gasteiger partial charge is 0.457 e. The van der Waals surface area contributed by atoms with Crippen molar-refractivity contribution in [2.45, 2.75) is 12.8 Å². The smallest absolute Gasteiger partial charge is 0.280 e. The summed E-state index contributed by atoms with van der Waals surface area (Å²) in [6.07, 6.45) is 0.961. The Morgan fingerprint density at radius 3 is 1.97 bits per heavy atom. The predicted molar refractivity (Wildman–Crippen MR) is 130 cm³/mol. The molecule has 1 aliphatic heterocycles. The van der Waals surface area contributed by atoms with Gasteiger partial charge in [-0.05, 0) is 36.2 Å². The van der Waals surface area contributed by atoms with Crippen LogP contribution in [0.5, 0.6) is 11.5 Å². The van der Waals surface area contributed by atoms with Gasteiger partial charge in [0.05, 0.1) is 28.0 Å². The molecule has 4 rings (SSSR count). The number of benzene rings is 3. The van der Waals surface area contributed by atoms with Gasteiger partial charge in [0.1, 0.15) is 11.5 Å². The maximum Gasteiger partial charge on any atom is 0.280 e. The Hall–Kier alpha value is -4.47. The number of non-ortho nitro benzene ring substituents is 2. The number of para-hydroxylation sites is 1. The molecule has 35 heavy (non-hydrogen) atoms. The van der Waals surface area contributed by atoms with E-state index in [1.807, 2.05) is 35.2 Å². The van der Waals surface area contributed by atoms with Crippen LogP contribution in [-0.4, -0.2) is 46.8 Å². The first-order valence-electron chi connectivity index (χ1n) is 11.2. The maximum absolute atomic E-state index is 12.7. The third-order valence-electron chi connectivity index (χ3n) is 5.84. The number of anilines is 1. The molecule has 0 atom stereocenters. The van der Waals surface area contributed by atoms with Crippen LogP contribution in [0.1, 0.15) is 12.0 Å². The first-order valence-corrected chi connectivity index (χ1v) is 11.2. The summed E-state index contributed by atoms with van der Waals surface area (Å²) in [7, 11) is 0. The summed E-state index contributed by atoms with van der Waals surface area (Å²) in [5.74, 6) is 0.498. The standard InChI is InChI=1S/C25H24N4O6/c30-25(27-14-12-26(13-15-27)20-4-2-1-3-5-20)11-8-19-6-9-23(10-7-19)35-24-17-21(28(31)32)16-22(18-24)29(33)34/h1-7,9-10,16-18H,8,11-15H2. The first-order chi connectivity index (χ1) is 16.9. The molecule has 1 aliphatic rings. The summed E-state index contributed by atoms with van der Waals surface area (Å²) in [5.41, 5.74) is 1.27. The highest BCUT2D eigenvalue weighted by molar-refractivity contribution is 5.76. The summed E-state index contributed by atoms with van der Waals surface area (Å²) < 4.78 is 5.59. The number of nitrogens with zero attached hydrogens (tertiary/aromatic N) is 4. The zero-order valence-electron chi connectivity index (χ0n) is 18.9. The lowest BCUT2D eigenvalue weighted by atomic mass is 10.1. The van der Waals surface area contributed by atoms with Crippen molar-refractivity contribution < 1.29 is 19.4 Å². The fourth-order valence-corrected chi connectivity index (χ4v) is 3.96. The van der Waals surface area contributed by atoms with Gasteiger partial charge in [-0.3, -0.25) is 25.0 Å². The number of piperazine rings is 1. The molecular formula is C25H24N4O6. The molecule has 0 radical (unpaired) electrons. The van der Waals surface area contributed by atoms with Crippen LogP contribution in [0.4, 0.5) is 17.1 Å². The second-order valence-corrected chi connectivity index (χ2v) is 8.15. The third kappa shape index (κ3) is 6.11. The highest BCUT2D eigenvalue weighted by atomic mass is 16.6.